The molecule has 1 aliphatic carbocycles. The van der Waals surface area contributed by atoms with Crippen LogP contribution >= 0.6 is 0 Å². The predicted octanol–water partition coefficient (Wildman–Crippen LogP) is 1.68. The Morgan fingerprint density at radius 3 is 2.53 bits per heavy atom. The van der Waals surface area contributed by atoms with Gasteiger partial charge in [-0.25, -0.2) is 17.5 Å². The van der Waals surface area contributed by atoms with E-state index in [1.807, 2.05) is 0 Å². The van der Waals surface area contributed by atoms with Gasteiger partial charge >= 0.3 is 0 Å². The first-order valence-electron chi connectivity index (χ1n) is 6.39. The van der Waals surface area contributed by atoms with Gasteiger partial charge in [0.05, 0.1) is 0 Å². The number of hydrogen-bond acceptors (Lipinski definition) is 3. The van der Waals surface area contributed by atoms with Crippen molar-refractivity contribution in [3.8, 4) is 0 Å². The van der Waals surface area contributed by atoms with Crippen molar-refractivity contribution >= 4 is 10.0 Å². The van der Waals surface area contributed by atoms with E-state index < -0.39 is 21.4 Å². The van der Waals surface area contributed by atoms with Gasteiger partial charge in [-0.15, -0.1) is 0 Å². The first-order valence-corrected chi connectivity index (χ1v) is 7.88. The van der Waals surface area contributed by atoms with E-state index in [0.717, 1.165) is 18.9 Å². The zero-order valence-electron chi connectivity index (χ0n) is 10.9. The van der Waals surface area contributed by atoms with Gasteiger partial charge in [0.25, 0.3) is 0 Å². The summed E-state index contributed by atoms with van der Waals surface area (Å²) >= 11 is 0. The number of halogens is 1. The molecule has 2 rings (SSSR count). The largest absolute Gasteiger partial charge is 0.329 e. The summed E-state index contributed by atoms with van der Waals surface area (Å²) < 4.78 is 41.2. The maximum atomic E-state index is 13.8. The highest BCUT2D eigenvalue weighted by atomic mass is 32.2. The molecule has 0 bridgehead atoms. The summed E-state index contributed by atoms with van der Waals surface area (Å²) in [5, 5.41) is 0. The number of hydrogen-bond donors (Lipinski definition) is 2. The SMILES string of the molecule is Cc1cccc(F)c1S(=O)(=O)NC1(CN)CCCC1. The van der Waals surface area contributed by atoms with Gasteiger partial charge in [-0.1, -0.05) is 25.0 Å². The van der Waals surface area contributed by atoms with Crippen LogP contribution in [-0.2, 0) is 10.0 Å². The second kappa shape index (κ2) is 5.19. The Morgan fingerprint density at radius 1 is 1.37 bits per heavy atom. The molecule has 6 heteroatoms. The molecule has 0 radical (unpaired) electrons. The fourth-order valence-corrected chi connectivity index (χ4v) is 4.47. The molecule has 1 aliphatic rings. The van der Waals surface area contributed by atoms with Crippen molar-refractivity contribution in [2.24, 2.45) is 5.73 Å². The van der Waals surface area contributed by atoms with Crippen LogP contribution in [-0.4, -0.2) is 20.5 Å². The maximum Gasteiger partial charge on any atom is 0.244 e. The van der Waals surface area contributed by atoms with Gasteiger partial charge in [0, 0.05) is 12.1 Å². The Labute approximate surface area is 113 Å². The molecular formula is C13H19FN2O2S. The molecule has 0 atom stereocenters. The van der Waals surface area contributed by atoms with E-state index in [4.69, 9.17) is 5.73 Å². The van der Waals surface area contributed by atoms with Crippen LogP contribution in [0.5, 0.6) is 0 Å². The predicted molar refractivity (Wildman–Crippen MR) is 71.7 cm³/mol. The van der Waals surface area contributed by atoms with Gasteiger partial charge in [0.15, 0.2) is 0 Å². The second-order valence-electron chi connectivity index (χ2n) is 5.18. The molecule has 1 aromatic rings. The summed E-state index contributed by atoms with van der Waals surface area (Å²) in [4.78, 5) is -0.269. The third-order valence-electron chi connectivity index (χ3n) is 3.73. The van der Waals surface area contributed by atoms with Crippen LogP contribution < -0.4 is 10.5 Å². The molecule has 19 heavy (non-hydrogen) atoms. The minimum atomic E-state index is -3.88. The molecule has 106 valence electrons. The fourth-order valence-electron chi connectivity index (χ4n) is 2.69. The van der Waals surface area contributed by atoms with Crippen LogP contribution in [0.3, 0.4) is 0 Å². The Kier molecular flexibility index (Phi) is 3.94. The van der Waals surface area contributed by atoms with E-state index in [0.29, 0.717) is 18.4 Å². The third-order valence-corrected chi connectivity index (χ3v) is 5.49. The zero-order valence-corrected chi connectivity index (χ0v) is 11.8. The number of sulfonamides is 1. The van der Waals surface area contributed by atoms with Crippen molar-refractivity contribution in [2.45, 2.75) is 43.0 Å². The quantitative estimate of drug-likeness (QED) is 0.884. The molecular weight excluding hydrogens is 267 g/mol. The van der Waals surface area contributed by atoms with Crippen LogP contribution in [0.25, 0.3) is 0 Å². The molecule has 0 amide bonds. The molecule has 0 unspecified atom stereocenters. The highest BCUT2D eigenvalue weighted by Gasteiger charge is 2.37. The summed E-state index contributed by atoms with van der Waals surface area (Å²) in [5.74, 6) is -0.724. The lowest BCUT2D eigenvalue weighted by atomic mass is 10.0. The molecule has 0 spiro atoms. The molecule has 1 fully saturated rings. The van der Waals surface area contributed by atoms with Gasteiger partial charge in [-0.3, -0.25) is 0 Å². The Hall–Kier alpha value is -0.980. The van der Waals surface area contributed by atoms with Crippen molar-refractivity contribution in [3.63, 3.8) is 0 Å². The number of aryl methyl sites for hydroxylation is 1. The fraction of sp³-hybridized carbons (Fsp3) is 0.538. The molecule has 1 aromatic carbocycles. The minimum absolute atomic E-state index is 0.236. The van der Waals surface area contributed by atoms with E-state index in [9.17, 15) is 12.8 Å². The highest BCUT2D eigenvalue weighted by molar-refractivity contribution is 7.89. The van der Waals surface area contributed by atoms with Crippen molar-refractivity contribution in [3.05, 3.63) is 29.6 Å². The second-order valence-corrected chi connectivity index (χ2v) is 6.80. The summed E-state index contributed by atoms with van der Waals surface area (Å²) in [6, 6.07) is 4.24. The summed E-state index contributed by atoms with van der Waals surface area (Å²) in [6.07, 6.45) is 3.29. The summed E-state index contributed by atoms with van der Waals surface area (Å²) in [6.45, 7) is 1.82. The van der Waals surface area contributed by atoms with Crippen LogP contribution in [0.1, 0.15) is 31.2 Å². The Morgan fingerprint density at radius 2 is 2.00 bits per heavy atom. The van der Waals surface area contributed by atoms with Gasteiger partial charge in [-0.05, 0) is 31.4 Å². The molecule has 0 saturated heterocycles. The van der Waals surface area contributed by atoms with Gasteiger partial charge < -0.3 is 5.73 Å². The van der Waals surface area contributed by atoms with Crippen LogP contribution in [0.15, 0.2) is 23.1 Å². The molecule has 0 heterocycles. The lowest BCUT2D eigenvalue weighted by molar-refractivity contribution is 0.398. The van der Waals surface area contributed by atoms with E-state index in [1.54, 1.807) is 13.0 Å². The number of nitrogens with one attached hydrogen (secondary N) is 1. The molecule has 4 nitrogen and oxygen atoms in total. The Balaban J connectivity index is 2.38. The Bertz CT molecular complexity index is 546. The normalized spacial score (nSPS) is 18.7. The van der Waals surface area contributed by atoms with Gasteiger partial charge in [-0.2, -0.15) is 0 Å². The average molecular weight is 286 g/mol. The standard InChI is InChI=1S/C13H19FN2O2S/c1-10-5-4-6-11(14)12(10)19(17,18)16-13(9-15)7-2-3-8-13/h4-6,16H,2-3,7-9,15H2,1H3. The third kappa shape index (κ3) is 2.80. The van der Waals surface area contributed by atoms with Crippen LogP contribution in [0.4, 0.5) is 4.39 Å². The molecule has 0 aromatic heterocycles. The molecule has 0 aliphatic heterocycles. The van der Waals surface area contributed by atoms with Crippen molar-refractivity contribution in [2.75, 3.05) is 6.54 Å². The van der Waals surface area contributed by atoms with Crippen molar-refractivity contribution in [1.29, 1.82) is 0 Å². The summed E-state index contributed by atoms with van der Waals surface area (Å²) in [5.41, 5.74) is 5.49. The number of nitrogens with two attached hydrogens (primary N) is 1. The monoisotopic (exact) mass is 286 g/mol. The molecule has 3 N–H and O–H groups in total. The van der Waals surface area contributed by atoms with E-state index in [-0.39, 0.29) is 11.4 Å². The van der Waals surface area contributed by atoms with E-state index in [2.05, 4.69) is 4.72 Å². The summed E-state index contributed by atoms with van der Waals surface area (Å²) in [7, 11) is -3.88. The van der Waals surface area contributed by atoms with E-state index in [1.165, 1.54) is 6.07 Å². The maximum absolute atomic E-state index is 13.8. The van der Waals surface area contributed by atoms with Gasteiger partial charge in [0.1, 0.15) is 10.7 Å². The number of rotatable bonds is 4. The smallest absolute Gasteiger partial charge is 0.244 e. The van der Waals surface area contributed by atoms with Crippen molar-refractivity contribution in [1.82, 2.24) is 4.72 Å². The zero-order chi connectivity index (χ0) is 14.1. The van der Waals surface area contributed by atoms with Crippen molar-refractivity contribution < 1.29 is 12.8 Å². The van der Waals surface area contributed by atoms with Crippen LogP contribution in [0, 0.1) is 12.7 Å². The topological polar surface area (TPSA) is 72.2 Å². The number of benzene rings is 1. The first-order chi connectivity index (χ1) is 8.90. The van der Waals surface area contributed by atoms with E-state index >= 15 is 0 Å². The minimum Gasteiger partial charge on any atom is -0.329 e. The molecule has 1 saturated carbocycles. The van der Waals surface area contributed by atoms with Gasteiger partial charge in [0.2, 0.25) is 10.0 Å². The average Bonchev–Trinajstić information content (AvgIpc) is 2.77. The first kappa shape index (κ1) is 14.4. The van der Waals surface area contributed by atoms with Crippen LogP contribution in [0.2, 0.25) is 0 Å². The lowest BCUT2D eigenvalue weighted by Gasteiger charge is -2.28. The highest BCUT2D eigenvalue weighted by Crippen LogP contribution is 2.31. The lowest BCUT2D eigenvalue weighted by Crippen LogP contribution is -2.51.